The van der Waals surface area contributed by atoms with E-state index in [-0.39, 0.29) is 4.90 Å². The number of anilines is 1. The molecular weight excluding hydrogens is 260 g/mol. The molecule has 0 unspecified atom stereocenters. The van der Waals surface area contributed by atoms with Crippen LogP contribution in [-0.4, -0.2) is 8.42 Å². The van der Waals surface area contributed by atoms with E-state index in [2.05, 4.69) is 6.58 Å². The van der Waals surface area contributed by atoms with Crippen molar-refractivity contribution < 1.29 is 8.42 Å². The first-order valence-electron chi connectivity index (χ1n) is 5.57. The third-order valence-electron chi connectivity index (χ3n) is 2.77. The zero-order chi connectivity index (χ0) is 14.0. The van der Waals surface area contributed by atoms with Gasteiger partial charge in [0.15, 0.2) is 0 Å². The first-order valence-corrected chi connectivity index (χ1v) is 7.11. The molecule has 2 rings (SSSR count). The second kappa shape index (κ2) is 4.87. The lowest BCUT2D eigenvalue weighted by Crippen LogP contribution is -2.13. The molecule has 98 valence electrons. The summed E-state index contributed by atoms with van der Waals surface area (Å²) in [7, 11) is -3.79. The van der Waals surface area contributed by atoms with Crippen LogP contribution in [0.1, 0.15) is 5.56 Å². The average Bonchev–Trinajstić information content (AvgIpc) is 2.37. The lowest BCUT2D eigenvalue weighted by Gasteiger charge is -2.09. The number of nitrogens with two attached hydrogens (primary N) is 2. The maximum Gasteiger partial charge on any atom is 0.238 e. The van der Waals surface area contributed by atoms with Crippen LogP contribution in [0.25, 0.3) is 17.2 Å². The molecule has 0 aromatic heterocycles. The van der Waals surface area contributed by atoms with Gasteiger partial charge in [0.25, 0.3) is 0 Å². The van der Waals surface area contributed by atoms with E-state index in [0.29, 0.717) is 11.3 Å². The zero-order valence-corrected chi connectivity index (χ0v) is 11.0. The molecule has 19 heavy (non-hydrogen) atoms. The van der Waals surface area contributed by atoms with E-state index in [1.165, 1.54) is 12.1 Å². The average molecular weight is 274 g/mol. The quantitative estimate of drug-likeness (QED) is 0.841. The summed E-state index contributed by atoms with van der Waals surface area (Å²) in [5, 5.41) is 5.22. The summed E-state index contributed by atoms with van der Waals surface area (Å²) in [5.41, 5.74) is 8.38. The molecule has 0 aliphatic carbocycles. The van der Waals surface area contributed by atoms with Gasteiger partial charge in [-0.25, -0.2) is 13.6 Å². The summed E-state index contributed by atoms with van der Waals surface area (Å²) in [4.78, 5) is 0.0630. The van der Waals surface area contributed by atoms with Crippen molar-refractivity contribution in [3.63, 3.8) is 0 Å². The fourth-order valence-electron chi connectivity index (χ4n) is 1.82. The van der Waals surface area contributed by atoms with Gasteiger partial charge < -0.3 is 5.73 Å². The number of benzene rings is 2. The van der Waals surface area contributed by atoms with Gasteiger partial charge in [-0.05, 0) is 29.3 Å². The highest BCUT2D eigenvalue weighted by atomic mass is 32.2. The second-order valence-electron chi connectivity index (χ2n) is 4.13. The highest BCUT2D eigenvalue weighted by molar-refractivity contribution is 7.89. The highest BCUT2D eigenvalue weighted by Gasteiger charge is 2.15. The predicted molar refractivity (Wildman–Crippen MR) is 77.8 cm³/mol. The van der Waals surface area contributed by atoms with Gasteiger partial charge in [0.05, 0.1) is 4.90 Å². The van der Waals surface area contributed by atoms with Crippen molar-refractivity contribution in [3.8, 4) is 11.1 Å². The third-order valence-corrected chi connectivity index (χ3v) is 3.74. The molecule has 0 bridgehead atoms. The van der Waals surface area contributed by atoms with Gasteiger partial charge in [0.1, 0.15) is 0 Å². The molecule has 0 amide bonds. The molecule has 0 fully saturated rings. The Labute approximate surface area is 112 Å². The monoisotopic (exact) mass is 274 g/mol. The Morgan fingerprint density at radius 1 is 1.05 bits per heavy atom. The van der Waals surface area contributed by atoms with Gasteiger partial charge >= 0.3 is 0 Å². The summed E-state index contributed by atoms with van der Waals surface area (Å²) in [5.74, 6) is 0. The van der Waals surface area contributed by atoms with Gasteiger partial charge in [0, 0.05) is 11.3 Å². The Morgan fingerprint density at radius 3 is 2.21 bits per heavy atom. The van der Waals surface area contributed by atoms with Gasteiger partial charge in [-0.15, -0.1) is 0 Å². The number of sulfonamides is 1. The van der Waals surface area contributed by atoms with Gasteiger partial charge in [-0.1, -0.05) is 36.9 Å². The number of rotatable bonds is 3. The normalized spacial score (nSPS) is 11.2. The minimum absolute atomic E-state index is 0.0630. The molecule has 0 radical (unpaired) electrons. The van der Waals surface area contributed by atoms with Crippen LogP contribution in [0, 0.1) is 0 Å². The van der Waals surface area contributed by atoms with E-state index in [1.807, 2.05) is 12.1 Å². The molecule has 0 saturated heterocycles. The minimum atomic E-state index is -3.79. The predicted octanol–water partition coefficient (Wildman–Crippen LogP) is 2.23. The molecule has 5 heteroatoms. The van der Waals surface area contributed by atoms with Crippen molar-refractivity contribution in [1.82, 2.24) is 0 Å². The number of primary sulfonamides is 1. The van der Waals surface area contributed by atoms with E-state index in [9.17, 15) is 8.42 Å². The van der Waals surface area contributed by atoms with Crippen molar-refractivity contribution in [1.29, 1.82) is 0 Å². The number of hydrogen-bond acceptors (Lipinski definition) is 3. The molecule has 0 heterocycles. The van der Waals surface area contributed by atoms with Crippen LogP contribution in [0.4, 0.5) is 5.69 Å². The van der Waals surface area contributed by atoms with Crippen molar-refractivity contribution in [2.45, 2.75) is 4.90 Å². The molecule has 0 atom stereocenters. The van der Waals surface area contributed by atoms with Crippen molar-refractivity contribution in [3.05, 3.63) is 54.6 Å². The number of nitrogen functional groups attached to an aromatic ring is 1. The van der Waals surface area contributed by atoms with E-state index in [4.69, 9.17) is 10.9 Å². The molecule has 0 aliphatic rings. The standard InChI is InChI=1S/C14H14N2O2S/c1-2-10-3-5-11(6-4-10)13-9-12(15)7-8-14(13)19(16,17)18/h2-9H,1,15H2,(H2,16,17,18). The maximum atomic E-state index is 11.6. The van der Waals surface area contributed by atoms with E-state index < -0.39 is 10.0 Å². The summed E-state index contributed by atoms with van der Waals surface area (Å²) in [6.07, 6.45) is 1.71. The Morgan fingerprint density at radius 2 is 1.68 bits per heavy atom. The molecule has 0 saturated carbocycles. The van der Waals surface area contributed by atoms with Gasteiger partial charge in [-0.3, -0.25) is 0 Å². The molecule has 0 aliphatic heterocycles. The van der Waals surface area contributed by atoms with Crippen LogP contribution in [-0.2, 0) is 10.0 Å². The van der Waals surface area contributed by atoms with E-state index in [1.54, 1.807) is 24.3 Å². The Bertz CT molecular complexity index is 720. The van der Waals surface area contributed by atoms with Crippen molar-refractivity contribution >= 4 is 21.8 Å². The lowest BCUT2D eigenvalue weighted by molar-refractivity contribution is 0.598. The van der Waals surface area contributed by atoms with Crippen LogP contribution < -0.4 is 10.9 Å². The summed E-state index contributed by atoms with van der Waals surface area (Å²) >= 11 is 0. The maximum absolute atomic E-state index is 11.6. The minimum Gasteiger partial charge on any atom is -0.399 e. The largest absolute Gasteiger partial charge is 0.399 e. The third kappa shape index (κ3) is 2.83. The lowest BCUT2D eigenvalue weighted by atomic mass is 10.0. The summed E-state index contributed by atoms with van der Waals surface area (Å²) in [6, 6.07) is 11.8. The van der Waals surface area contributed by atoms with Crippen LogP contribution in [0.15, 0.2) is 53.9 Å². The van der Waals surface area contributed by atoms with Crippen LogP contribution in [0.5, 0.6) is 0 Å². The molecule has 4 N–H and O–H groups in total. The smallest absolute Gasteiger partial charge is 0.238 e. The summed E-state index contributed by atoms with van der Waals surface area (Å²) in [6.45, 7) is 3.67. The van der Waals surface area contributed by atoms with Crippen LogP contribution in [0.3, 0.4) is 0 Å². The Balaban J connectivity index is 2.66. The topological polar surface area (TPSA) is 86.2 Å². The highest BCUT2D eigenvalue weighted by Crippen LogP contribution is 2.29. The fraction of sp³-hybridized carbons (Fsp3) is 0. The van der Waals surface area contributed by atoms with E-state index >= 15 is 0 Å². The fourth-order valence-corrected chi connectivity index (χ4v) is 2.56. The molecule has 4 nitrogen and oxygen atoms in total. The van der Waals surface area contributed by atoms with Gasteiger partial charge in [-0.2, -0.15) is 0 Å². The van der Waals surface area contributed by atoms with Crippen molar-refractivity contribution in [2.75, 3.05) is 5.73 Å². The van der Waals surface area contributed by atoms with Crippen LogP contribution in [0.2, 0.25) is 0 Å². The zero-order valence-electron chi connectivity index (χ0n) is 10.2. The Hall–Kier alpha value is -2.11. The van der Waals surface area contributed by atoms with Crippen molar-refractivity contribution in [2.24, 2.45) is 5.14 Å². The molecule has 0 spiro atoms. The SMILES string of the molecule is C=Cc1ccc(-c2cc(N)ccc2S(N)(=O)=O)cc1. The number of hydrogen-bond donors (Lipinski definition) is 2. The summed E-state index contributed by atoms with van der Waals surface area (Å²) < 4.78 is 23.2. The Kier molecular flexibility index (Phi) is 3.42. The molecular formula is C14H14N2O2S. The van der Waals surface area contributed by atoms with Gasteiger partial charge in [0.2, 0.25) is 10.0 Å². The van der Waals surface area contributed by atoms with E-state index in [0.717, 1.165) is 11.1 Å². The first kappa shape index (κ1) is 13.3. The van der Waals surface area contributed by atoms with Crippen LogP contribution >= 0.6 is 0 Å². The second-order valence-corrected chi connectivity index (χ2v) is 5.66. The molecule has 2 aromatic carbocycles. The first-order chi connectivity index (χ1) is 8.91. The molecule has 2 aromatic rings.